The van der Waals surface area contributed by atoms with Crippen molar-refractivity contribution in [3.63, 3.8) is 0 Å². The van der Waals surface area contributed by atoms with E-state index in [0.29, 0.717) is 12.4 Å². The standard InChI is InChI=1S/C15H26N4O/c1-11(2)20-14-9-17-8-13(18-14)19-15(10-16)6-4-12(3)5-7-15/h8-9,11-12H,4-7,10,16H2,1-3H3,(H,18,19). The zero-order valence-corrected chi connectivity index (χ0v) is 12.7. The van der Waals surface area contributed by atoms with Crippen molar-refractivity contribution < 1.29 is 4.74 Å². The van der Waals surface area contributed by atoms with Crippen LogP contribution in [0.5, 0.6) is 5.88 Å². The molecule has 1 saturated carbocycles. The van der Waals surface area contributed by atoms with Crippen LogP contribution in [0.15, 0.2) is 12.4 Å². The Morgan fingerprint density at radius 1 is 1.40 bits per heavy atom. The van der Waals surface area contributed by atoms with Gasteiger partial charge in [-0.2, -0.15) is 4.98 Å². The van der Waals surface area contributed by atoms with Crippen LogP contribution in [0.25, 0.3) is 0 Å². The fourth-order valence-corrected chi connectivity index (χ4v) is 2.67. The maximum Gasteiger partial charge on any atom is 0.234 e. The minimum Gasteiger partial charge on any atom is -0.474 e. The number of hydrogen-bond donors (Lipinski definition) is 2. The van der Waals surface area contributed by atoms with Crippen LogP contribution in [0, 0.1) is 5.92 Å². The van der Waals surface area contributed by atoms with Gasteiger partial charge < -0.3 is 15.8 Å². The van der Waals surface area contributed by atoms with E-state index in [2.05, 4.69) is 22.2 Å². The topological polar surface area (TPSA) is 73.1 Å². The van der Waals surface area contributed by atoms with E-state index in [-0.39, 0.29) is 11.6 Å². The minimum atomic E-state index is -0.0440. The van der Waals surface area contributed by atoms with Gasteiger partial charge in [-0.15, -0.1) is 0 Å². The number of anilines is 1. The fourth-order valence-electron chi connectivity index (χ4n) is 2.67. The summed E-state index contributed by atoms with van der Waals surface area (Å²) in [4.78, 5) is 8.66. The molecule has 112 valence electrons. The van der Waals surface area contributed by atoms with Crippen molar-refractivity contribution >= 4 is 5.82 Å². The van der Waals surface area contributed by atoms with Crippen molar-refractivity contribution in [2.24, 2.45) is 11.7 Å². The number of rotatable bonds is 5. The van der Waals surface area contributed by atoms with Gasteiger partial charge in [-0.25, -0.2) is 0 Å². The molecule has 1 aliphatic rings. The maximum absolute atomic E-state index is 6.01. The summed E-state index contributed by atoms with van der Waals surface area (Å²) in [5, 5.41) is 3.50. The molecule has 1 aliphatic carbocycles. The summed E-state index contributed by atoms with van der Waals surface area (Å²) in [6.45, 7) is 6.88. The number of hydrogen-bond acceptors (Lipinski definition) is 5. The van der Waals surface area contributed by atoms with Gasteiger partial charge in [0.25, 0.3) is 0 Å². The molecule has 0 spiro atoms. The second-order valence-corrected chi connectivity index (χ2v) is 6.20. The Kier molecular flexibility index (Phi) is 4.81. The molecule has 0 amide bonds. The molecule has 1 heterocycles. The van der Waals surface area contributed by atoms with Gasteiger partial charge in [0.15, 0.2) is 0 Å². The van der Waals surface area contributed by atoms with Gasteiger partial charge in [-0.05, 0) is 45.4 Å². The highest BCUT2D eigenvalue weighted by Crippen LogP contribution is 2.33. The average molecular weight is 278 g/mol. The molecule has 0 aliphatic heterocycles. The minimum absolute atomic E-state index is 0.0440. The van der Waals surface area contributed by atoms with Crippen LogP contribution in [0.3, 0.4) is 0 Å². The summed E-state index contributed by atoms with van der Waals surface area (Å²) in [6, 6.07) is 0. The monoisotopic (exact) mass is 278 g/mol. The van der Waals surface area contributed by atoms with Crippen molar-refractivity contribution in [3.05, 3.63) is 12.4 Å². The molecule has 1 aromatic rings. The molecule has 0 bridgehead atoms. The van der Waals surface area contributed by atoms with Crippen LogP contribution >= 0.6 is 0 Å². The Morgan fingerprint density at radius 3 is 2.70 bits per heavy atom. The average Bonchev–Trinajstić information content (AvgIpc) is 2.41. The Morgan fingerprint density at radius 2 is 2.10 bits per heavy atom. The molecule has 0 radical (unpaired) electrons. The molecule has 0 saturated heterocycles. The molecule has 1 fully saturated rings. The second kappa shape index (κ2) is 6.39. The van der Waals surface area contributed by atoms with E-state index >= 15 is 0 Å². The predicted molar refractivity (Wildman–Crippen MR) is 80.8 cm³/mol. The van der Waals surface area contributed by atoms with Crippen LogP contribution in [0.2, 0.25) is 0 Å². The van der Waals surface area contributed by atoms with Gasteiger partial charge >= 0.3 is 0 Å². The van der Waals surface area contributed by atoms with Crippen LogP contribution in [0.4, 0.5) is 5.82 Å². The first-order chi connectivity index (χ1) is 9.53. The molecule has 0 unspecified atom stereocenters. The highest BCUT2D eigenvalue weighted by molar-refractivity contribution is 5.37. The number of aromatic nitrogens is 2. The summed E-state index contributed by atoms with van der Waals surface area (Å²) < 4.78 is 5.58. The van der Waals surface area contributed by atoms with Gasteiger partial charge in [0, 0.05) is 6.54 Å². The van der Waals surface area contributed by atoms with Crippen molar-refractivity contribution in [1.82, 2.24) is 9.97 Å². The van der Waals surface area contributed by atoms with E-state index in [1.807, 2.05) is 13.8 Å². The van der Waals surface area contributed by atoms with Gasteiger partial charge in [-0.3, -0.25) is 4.98 Å². The lowest BCUT2D eigenvalue weighted by molar-refractivity contribution is 0.231. The van der Waals surface area contributed by atoms with Crippen molar-refractivity contribution in [2.45, 2.75) is 58.1 Å². The number of nitrogens with zero attached hydrogens (tertiary/aromatic N) is 2. The number of nitrogens with two attached hydrogens (primary N) is 1. The molecule has 2 rings (SSSR count). The summed E-state index contributed by atoms with van der Waals surface area (Å²) in [5.41, 5.74) is 5.96. The smallest absolute Gasteiger partial charge is 0.234 e. The third-order valence-electron chi connectivity index (χ3n) is 3.98. The second-order valence-electron chi connectivity index (χ2n) is 6.20. The van der Waals surface area contributed by atoms with Crippen LogP contribution in [-0.4, -0.2) is 28.2 Å². The van der Waals surface area contributed by atoms with Crippen LogP contribution in [0.1, 0.15) is 46.5 Å². The lowest BCUT2D eigenvalue weighted by Gasteiger charge is -2.39. The quantitative estimate of drug-likeness (QED) is 0.866. The summed E-state index contributed by atoms with van der Waals surface area (Å²) >= 11 is 0. The van der Waals surface area contributed by atoms with E-state index in [1.165, 1.54) is 12.8 Å². The van der Waals surface area contributed by atoms with E-state index in [0.717, 1.165) is 24.6 Å². The Bertz CT molecular complexity index is 428. The van der Waals surface area contributed by atoms with E-state index < -0.39 is 0 Å². The van der Waals surface area contributed by atoms with Gasteiger partial charge in [0.2, 0.25) is 5.88 Å². The maximum atomic E-state index is 6.01. The molecule has 0 atom stereocenters. The molecule has 3 N–H and O–H groups in total. The highest BCUT2D eigenvalue weighted by atomic mass is 16.5. The van der Waals surface area contributed by atoms with Crippen molar-refractivity contribution in [3.8, 4) is 5.88 Å². The molecule has 20 heavy (non-hydrogen) atoms. The molecule has 1 aromatic heterocycles. The lowest BCUT2D eigenvalue weighted by atomic mass is 9.77. The third-order valence-corrected chi connectivity index (χ3v) is 3.98. The Hall–Kier alpha value is -1.36. The van der Waals surface area contributed by atoms with E-state index in [9.17, 15) is 0 Å². The van der Waals surface area contributed by atoms with Gasteiger partial charge in [0.05, 0.1) is 24.0 Å². The van der Waals surface area contributed by atoms with Crippen LogP contribution < -0.4 is 15.8 Å². The SMILES string of the molecule is CC1CCC(CN)(Nc2cncc(OC(C)C)n2)CC1. The lowest BCUT2D eigenvalue weighted by Crippen LogP contribution is -2.48. The van der Waals surface area contributed by atoms with Gasteiger partial charge in [-0.1, -0.05) is 6.92 Å². The molecule has 5 heteroatoms. The zero-order valence-electron chi connectivity index (χ0n) is 12.7. The van der Waals surface area contributed by atoms with E-state index in [1.54, 1.807) is 12.4 Å². The predicted octanol–water partition coefficient (Wildman–Crippen LogP) is 2.58. The normalized spacial score (nSPS) is 26.6. The van der Waals surface area contributed by atoms with Gasteiger partial charge in [0.1, 0.15) is 5.82 Å². The summed E-state index contributed by atoms with van der Waals surface area (Å²) in [7, 11) is 0. The van der Waals surface area contributed by atoms with Crippen molar-refractivity contribution in [2.75, 3.05) is 11.9 Å². The first kappa shape index (κ1) is 15.0. The number of ether oxygens (including phenoxy) is 1. The Balaban J connectivity index is 2.07. The van der Waals surface area contributed by atoms with E-state index in [4.69, 9.17) is 10.5 Å². The molecular weight excluding hydrogens is 252 g/mol. The molecule has 0 aromatic carbocycles. The zero-order chi connectivity index (χ0) is 14.6. The summed E-state index contributed by atoms with van der Waals surface area (Å²) in [6.07, 6.45) is 8.06. The fraction of sp³-hybridized carbons (Fsp3) is 0.733. The largest absolute Gasteiger partial charge is 0.474 e. The first-order valence-corrected chi connectivity index (χ1v) is 7.50. The molecule has 5 nitrogen and oxygen atoms in total. The highest BCUT2D eigenvalue weighted by Gasteiger charge is 2.33. The molecular formula is C15H26N4O. The number of nitrogens with one attached hydrogen (secondary N) is 1. The Labute approximate surface area is 121 Å². The van der Waals surface area contributed by atoms with Crippen molar-refractivity contribution in [1.29, 1.82) is 0 Å². The summed E-state index contributed by atoms with van der Waals surface area (Å²) in [5.74, 6) is 2.10. The first-order valence-electron chi connectivity index (χ1n) is 7.50. The van der Waals surface area contributed by atoms with Crippen LogP contribution in [-0.2, 0) is 0 Å². The third kappa shape index (κ3) is 3.82.